The van der Waals surface area contributed by atoms with E-state index in [0.29, 0.717) is 0 Å². The number of hydrogen-bond acceptors (Lipinski definition) is 6. The molecule has 3 heterocycles. The fraction of sp³-hybridized carbons (Fsp3) is 0.200. The lowest BCUT2D eigenvalue weighted by Gasteiger charge is -2.17. The molecule has 5 aromatic rings. The van der Waals surface area contributed by atoms with Gasteiger partial charge in [0.1, 0.15) is 11.6 Å². The van der Waals surface area contributed by atoms with E-state index in [1.165, 1.54) is 5.56 Å². The van der Waals surface area contributed by atoms with Gasteiger partial charge in [0.05, 0.1) is 27.6 Å². The summed E-state index contributed by atoms with van der Waals surface area (Å²) in [5.74, 6) is 1.55. The first-order valence-corrected chi connectivity index (χ1v) is 11.6. The third-order valence-corrected chi connectivity index (χ3v) is 6.30. The zero-order chi connectivity index (χ0) is 22.1. The standard InChI is InChI=1S/C25H24N6S/c1-4-31-14-21(13-27-31)19-7-5-6-18(10-19)16(2)28-25-12-23(29-17(3)30-25)20-8-9-22-24(11-20)32-15-26-22/h5-16H,4H2,1-3H3,(H,28,29,30)/t16-/m0/s1. The molecule has 5 rings (SSSR count). The lowest BCUT2D eigenvalue weighted by atomic mass is 10.0. The largest absolute Gasteiger partial charge is 0.363 e. The first-order chi connectivity index (χ1) is 15.6. The maximum atomic E-state index is 4.66. The Hall–Kier alpha value is -3.58. The fourth-order valence-electron chi connectivity index (χ4n) is 3.78. The van der Waals surface area contributed by atoms with E-state index >= 15 is 0 Å². The Morgan fingerprint density at radius 1 is 1.03 bits per heavy atom. The van der Waals surface area contributed by atoms with Gasteiger partial charge < -0.3 is 5.32 Å². The zero-order valence-electron chi connectivity index (χ0n) is 18.3. The molecule has 0 spiro atoms. The molecule has 0 fully saturated rings. The van der Waals surface area contributed by atoms with Crippen molar-refractivity contribution >= 4 is 27.4 Å². The maximum Gasteiger partial charge on any atom is 0.130 e. The molecule has 2 aromatic carbocycles. The van der Waals surface area contributed by atoms with E-state index in [1.54, 1.807) is 11.3 Å². The summed E-state index contributed by atoms with van der Waals surface area (Å²) >= 11 is 1.64. The average molecular weight is 441 g/mol. The van der Waals surface area contributed by atoms with Gasteiger partial charge in [0.25, 0.3) is 0 Å². The molecule has 0 amide bonds. The van der Waals surface area contributed by atoms with Gasteiger partial charge in [-0.25, -0.2) is 15.0 Å². The Morgan fingerprint density at radius 3 is 2.78 bits per heavy atom. The molecule has 0 aliphatic heterocycles. The van der Waals surface area contributed by atoms with Crippen LogP contribution in [0.1, 0.15) is 31.3 Å². The first kappa shape index (κ1) is 20.3. The summed E-state index contributed by atoms with van der Waals surface area (Å²) < 4.78 is 3.10. The number of fused-ring (bicyclic) bond motifs is 1. The van der Waals surface area contributed by atoms with Crippen molar-refractivity contribution in [1.82, 2.24) is 24.7 Å². The molecular formula is C25H24N6S. The zero-order valence-corrected chi connectivity index (χ0v) is 19.1. The highest BCUT2D eigenvalue weighted by atomic mass is 32.1. The molecule has 0 bridgehead atoms. The van der Waals surface area contributed by atoms with E-state index in [0.717, 1.165) is 50.8 Å². The Labute approximate surface area is 191 Å². The number of thiazole rings is 1. The monoisotopic (exact) mass is 440 g/mol. The fourth-order valence-corrected chi connectivity index (χ4v) is 4.50. The van der Waals surface area contributed by atoms with Crippen molar-refractivity contribution in [3.05, 3.63) is 77.8 Å². The van der Waals surface area contributed by atoms with Gasteiger partial charge in [0.15, 0.2) is 0 Å². The number of aryl methyl sites for hydroxylation is 2. The van der Waals surface area contributed by atoms with Crippen LogP contribution in [0.15, 0.2) is 66.4 Å². The molecule has 0 saturated heterocycles. The highest BCUT2D eigenvalue weighted by molar-refractivity contribution is 7.16. The van der Waals surface area contributed by atoms with Crippen molar-refractivity contribution in [1.29, 1.82) is 0 Å². The summed E-state index contributed by atoms with van der Waals surface area (Å²) in [5, 5.41) is 7.95. The van der Waals surface area contributed by atoms with Crippen LogP contribution in [0, 0.1) is 6.92 Å². The number of anilines is 1. The van der Waals surface area contributed by atoms with Crippen molar-refractivity contribution in [2.45, 2.75) is 33.4 Å². The molecule has 1 atom stereocenters. The molecule has 0 saturated carbocycles. The minimum absolute atomic E-state index is 0.0855. The summed E-state index contributed by atoms with van der Waals surface area (Å²) in [6.07, 6.45) is 4.00. The summed E-state index contributed by atoms with van der Waals surface area (Å²) in [4.78, 5) is 13.7. The highest BCUT2D eigenvalue weighted by Gasteiger charge is 2.11. The molecule has 7 heteroatoms. The van der Waals surface area contributed by atoms with Gasteiger partial charge in [0, 0.05) is 36.0 Å². The van der Waals surface area contributed by atoms with E-state index < -0.39 is 0 Å². The summed E-state index contributed by atoms with van der Waals surface area (Å²) in [7, 11) is 0. The number of nitrogens with zero attached hydrogens (tertiary/aromatic N) is 5. The van der Waals surface area contributed by atoms with Crippen molar-refractivity contribution in [2.24, 2.45) is 0 Å². The average Bonchev–Trinajstić information content (AvgIpc) is 3.47. The lowest BCUT2D eigenvalue weighted by molar-refractivity contribution is 0.660. The predicted octanol–water partition coefficient (Wildman–Crippen LogP) is 6.12. The third kappa shape index (κ3) is 4.11. The molecule has 6 nitrogen and oxygen atoms in total. The second-order valence-corrected chi connectivity index (χ2v) is 8.68. The van der Waals surface area contributed by atoms with Crippen LogP contribution in [-0.2, 0) is 6.54 Å². The number of nitrogens with one attached hydrogen (secondary N) is 1. The topological polar surface area (TPSA) is 68.5 Å². The van der Waals surface area contributed by atoms with Gasteiger partial charge in [-0.15, -0.1) is 11.3 Å². The summed E-state index contributed by atoms with van der Waals surface area (Å²) in [6, 6.07) is 16.9. The number of hydrogen-bond donors (Lipinski definition) is 1. The molecule has 0 unspecified atom stereocenters. The normalized spacial score (nSPS) is 12.2. The van der Waals surface area contributed by atoms with E-state index in [-0.39, 0.29) is 6.04 Å². The van der Waals surface area contributed by atoms with E-state index in [2.05, 4.69) is 81.8 Å². The second-order valence-electron chi connectivity index (χ2n) is 7.80. The van der Waals surface area contributed by atoms with Crippen molar-refractivity contribution < 1.29 is 0 Å². The second kappa shape index (κ2) is 8.51. The van der Waals surface area contributed by atoms with Gasteiger partial charge in [-0.2, -0.15) is 5.10 Å². The molecule has 3 aromatic heterocycles. The number of rotatable bonds is 6. The first-order valence-electron chi connectivity index (χ1n) is 10.7. The SMILES string of the molecule is CCn1cc(-c2cccc([C@H](C)Nc3cc(-c4ccc5ncsc5c4)nc(C)n3)c2)cn1. The third-order valence-electron chi connectivity index (χ3n) is 5.51. The Kier molecular flexibility index (Phi) is 5.41. The predicted molar refractivity (Wildman–Crippen MR) is 131 cm³/mol. The molecule has 0 aliphatic carbocycles. The van der Waals surface area contributed by atoms with Crippen molar-refractivity contribution in [2.75, 3.05) is 5.32 Å². The van der Waals surface area contributed by atoms with Gasteiger partial charge >= 0.3 is 0 Å². The van der Waals surface area contributed by atoms with Crippen LogP contribution in [0.25, 0.3) is 32.6 Å². The van der Waals surface area contributed by atoms with Crippen LogP contribution in [0.3, 0.4) is 0 Å². The number of benzene rings is 2. The molecule has 160 valence electrons. The van der Waals surface area contributed by atoms with Crippen LogP contribution < -0.4 is 5.32 Å². The van der Waals surface area contributed by atoms with Crippen LogP contribution in [0.5, 0.6) is 0 Å². The van der Waals surface area contributed by atoms with Crippen LogP contribution in [0.4, 0.5) is 5.82 Å². The van der Waals surface area contributed by atoms with Crippen LogP contribution >= 0.6 is 11.3 Å². The van der Waals surface area contributed by atoms with Crippen molar-refractivity contribution in [3.63, 3.8) is 0 Å². The van der Waals surface area contributed by atoms with Crippen LogP contribution in [0.2, 0.25) is 0 Å². The minimum atomic E-state index is 0.0855. The van der Waals surface area contributed by atoms with Crippen LogP contribution in [-0.4, -0.2) is 24.7 Å². The van der Waals surface area contributed by atoms with Gasteiger partial charge in [-0.3, -0.25) is 4.68 Å². The summed E-state index contributed by atoms with van der Waals surface area (Å²) in [5.41, 5.74) is 8.33. The Bertz CT molecular complexity index is 1390. The Balaban J connectivity index is 1.41. The molecule has 0 radical (unpaired) electrons. The van der Waals surface area contributed by atoms with E-state index in [4.69, 9.17) is 0 Å². The minimum Gasteiger partial charge on any atom is -0.363 e. The van der Waals surface area contributed by atoms with Gasteiger partial charge in [0.2, 0.25) is 0 Å². The quantitative estimate of drug-likeness (QED) is 0.345. The highest BCUT2D eigenvalue weighted by Crippen LogP contribution is 2.28. The molecular weight excluding hydrogens is 416 g/mol. The lowest BCUT2D eigenvalue weighted by Crippen LogP contribution is -2.09. The van der Waals surface area contributed by atoms with Crippen molar-refractivity contribution in [3.8, 4) is 22.4 Å². The van der Waals surface area contributed by atoms with E-state index in [9.17, 15) is 0 Å². The Morgan fingerprint density at radius 2 is 1.94 bits per heavy atom. The smallest absolute Gasteiger partial charge is 0.130 e. The van der Waals surface area contributed by atoms with E-state index in [1.807, 2.05) is 35.4 Å². The van der Waals surface area contributed by atoms with Gasteiger partial charge in [-0.05, 0) is 50.1 Å². The van der Waals surface area contributed by atoms with Gasteiger partial charge in [-0.1, -0.05) is 24.3 Å². The molecule has 0 aliphatic rings. The maximum absolute atomic E-state index is 4.66. The summed E-state index contributed by atoms with van der Waals surface area (Å²) in [6.45, 7) is 7.03. The molecule has 1 N–H and O–H groups in total. The number of aromatic nitrogens is 5. The molecule has 32 heavy (non-hydrogen) atoms.